The van der Waals surface area contributed by atoms with Crippen LogP contribution in [-0.4, -0.2) is 25.7 Å². The van der Waals surface area contributed by atoms with E-state index in [4.69, 9.17) is 5.26 Å². The van der Waals surface area contributed by atoms with Crippen LogP contribution in [0.1, 0.15) is 6.42 Å². The number of nitrogens with zero attached hydrogens (tertiary/aromatic N) is 2. The Hall–Kier alpha value is -1.60. The summed E-state index contributed by atoms with van der Waals surface area (Å²) in [5.74, 6) is -0.177. The lowest BCUT2D eigenvalue weighted by atomic mass is 10.2. The van der Waals surface area contributed by atoms with E-state index < -0.39 is 0 Å². The smallest absolute Gasteiger partial charge is 0.146 e. The zero-order chi connectivity index (χ0) is 11.4. The molecule has 4 heteroatoms. The van der Waals surface area contributed by atoms with Crippen molar-refractivity contribution in [2.75, 3.05) is 24.5 Å². The van der Waals surface area contributed by atoms with Crippen molar-refractivity contribution < 1.29 is 4.39 Å². The molecule has 2 rings (SSSR count). The van der Waals surface area contributed by atoms with Gasteiger partial charge in [0, 0.05) is 19.1 Å². The second kappa shape index (κ2) is 4.95. The van der Waals surface area contributed by atoms with Gasteiger partial charge in [0.2, 0.25) is 0 Å². The molecule has 1 atom stereocenters. The molecule has 1 N–H and O–H groups in total. The van der Waals surface area contributed by atoms with Gasteiger partial charge < -0.3 is 4.90 Å². The fourth-order valence-electron chi connectivity index (χ4n) is 2.04. The molecule has 1 aliphatic rings. The highest BCUT2D eigenvalue weighted by atomic mass is 19.1. The molecular formula is C12H14FN3. The first-order valence-electron chi connectivity index (χ1n) is 5.41. The number of nitriles is 1. The molecule has 1 aromatic rings. The summed E-state index contributed by atoms with van der Waals surface area (Å²) in [6.45, 7) is 1.96. The lowest BCUT2D eigenvalue weighted by Gasteiger charge is -2.19. The Bertz CT molecular complexity index is 399. The molecule has 1 aliphatic heterocycles. The maximum Gasteiger partial charge on any atom is 0.146 e. The predicted molar refractivity (Wildman–Crippen MR) is 60.6 cm³/mol. The molecule has 1 aromatic carbocycles. The minimum absolute atomic E-state index is 0.177. The van der Waals surface area contributed by atoms with E-state index in [1.807, 2.05) is 11.0 Å². The Labute approximate surface area is 94.5 Å². The lowest BCUT2D eigenvalue weighted by Crippen LogP contribution is -2.32. The van der Waals surface area contributed by atoms with Crippen molar-refractivity contribution in [2.24, 2.45) is 0 Å². The summed E-state index contributed by atoms with van der Waals surface area (Å²) in [6.07, 6.45) is 0.954. The summed E-state index contributed by atoms with van der Waals surface area (Å²) in [5.41, 5.74) is 0.656. The van der Waals surface area contributed by atoms with E-state index in [1.54, 1.807) is 12.1 Å². The summed E-state index contributed by atoms with van der Waals surface area (Å²) in [6, 6.07) is 9.16. The second-order valence-corrected chi connectivity index (χ2v) is 3.92. The Morgan fingerprint density at radius 3 is 3.06 bits per heavy atom. The van der Waals surface area contributed by atoms with Crippen molar-refractivity contribution in [1.82, 2.24) is 5.32 Å². The van der Waals surface area contributed by atoms with Crippen LogP contribution in [0.5, 0.6) is 0 Å². The Morgan fingerprint density at radius 2 is 2.31 bits per heavy atom. The number of benzene rings is 1. The summed E-state index contributed by atoms with van der Waals surface area (Å²) in [5, 5.41) is 11.6. The van der Waals surface area contributed by atoms with E-state index in [9.17, 15) is 4.39 Å². The third-order valence-corrected chi connectivity index (χ3v) is 2.85. The molecule has 84 valence electrons. The van der Waals surface area contributed by atoms with Crippen molar-refractivity contribution >= 4 is 5.69 Å². The minimum Gasteiger partial charge on any atom is -0.368 e. The highest BCUT2D eigenvalue weighted by molar-refractivity contribution is 5.48. The Kier molecular flexibility index (Phi) is 3.37. The average molecular weight is 219 g/mol. The van der Waals surface area contributed by atoms with Crippen LogP contribution >= 0.6 is 0 Å². The number of rotatable bonds is 3. The standard InChI is InChI=1S/C12H14FN3/c13-11-3-1-2-4-12(11)16-8-5-10(9-16)15-7-6-14/h1-4,10,15H,5,7-9H2. The average Bonchev–Trinajstić information content (AvgIpc) is 2.75. The van der Waals surface area contributed by atoms with Crippen LogP contribution in [0.25, 0.3) is 0 Å². The Morgan fingerprint density at radius 1 is 1.50 bits per heavy atom. The molecule has 1 heterocycles. The fourth-order valence-corrected chi connectivity index (χ4v) is 2.04. The van der Waals surface area contributed by atoms with E-state index >= 15 is 0 Å². The summed E-state index contributed by atoms with van der Waals surface area (Å²) in [7, 11) is 0. The third kappa shape index (κ3) is 2.31. The SMILES string of the molecule is N#CCNC1CCN(c2ccccc2F)C1. The zero-order valence-corrected chi connectivity index (χ0v) is 8.99. The molecule has 1 saturated heterocycles. The fraction of sp³-hybridized carbons (Fsp3) is 0.417. The van der Waals surface area contributed by atoms with Gasteiger partial charge in [-0.15, -0.1) is 0 Å². The van der Waals surface area contributed by atoms with Gasteiger partial charge in [-0.25, -0.2) is 4.39 Å². The quantitative estimate of drug-likeness (QED) is 0.783. The number of nitrogens with one attached hydrogen (secondary N) is 1. The highest BCUT2D eigenvalue weighted by Crippen LogP contribution is 2.23. The van der Waals surface area contributed by atoms with Gasteiger partial charge in [-0.2, -0.15) is 5.26 Å². The highest BCUT2D eigenvalue weighted by Gasteiger charge is 2.23. The topological polar surface area (TPSA) is 39.1 Å². The van der Waals surface area contributed by atoms with Crippen LogP contribution in [0.15, 0.2) is 24.3 Å². The second-order valence-electron chi connectivity index (χ2n) is 3.92. The third-order valence-electron chi connectivity index (χ3n) is 2.85. The van der Waals surface area contributed by atoms with E-state index in [2.05, 4.69) is 11.4 Å². The van der Waals surface area contributed by atoms with Crippen molar-refractivity contribution in [3.63, 3.8) is 0 Å². The van der Waals surface area contributed by atoms with Gasteiger partial charge in [0.25, 0.3) is 0 Å². The molecule has 0 aromatic heterocycles. The number of hydrogen-bond acceptors (Lipinski definition) is 3. The molecule has 1 unspecified atom stereocenters. The molecular weight excluding hydrogens is 205 g/mol. The van der Waals surface area contributed by atoms with Crippen LogP contribution in [0.4, 0.5) is 10.1 Å². The van der Waals surface area contributed by atoms with Gasteiger partial charge in [0.15, 0.2) is 0 Å². The maximum atomic E-state index is 13.5. The molecule has 0 saturated carbocycles. The molecule has 1 fully saturated rings. The molecule has 0 bridgehead atoms. The van der Waals surface area contributed by atoms with E-state index in [0.717, 1.165) is 19.5 Å². The van der Waals surface area contributed by atoms with Gasteiger partial charge in [0.1, 0.15) is 5.82 Å². The van der Waals surface area contributed by atoms with Crippen LogP contribution in [-0.2, 0) is 0 Å². The molecule has 16 heavy (non-hydrogen) atoms. The van der Waals surface area contributed by atoms with E-state index in [1.165, 1.54) is 6.07 Å². The minimum atomic E-state index is -0.177. The summed E-state index contributed by atoms with van der Waals surface area (Å²) >= 11 is 0. The monoisotopic (exact) mass is 219 g/mol. The summed E-state index contributed by atoms with van der Waals surface area (Å²) < 4.78 is 13.5. The molecule has 3 nitrogen and oxygen atoms in total. The van der Waals surface area contributed by atoms with Gasteiger partial charge in [-0.05, 0) is 18.6 Å². The largest absolute Gasteiger partial charge is 0.368 e. The van der Waals surface area contributed by atoms with Crippen LogP contribution < -0.4 is 10.2 Å². The van der Waals surface area contributed by atoms with Crippen LogP contribution in [0.2, 0.25) is 0 Å². The van der Waals surface area contributed by atoms with Gasteiger partial charge >= 0.3 is 0 Å². The van der Waals surface area contributed by atoms with Gasteiger partial charge in [-0.3, -0.25) is 5.32 Å². The first-order valence-corrected chi connectivity index (χ1v) is 5.41. The molecule has 0 spiro atoms. The van der Waals surface area contributed by atoms with Crippen LogP contribution in [0.3, 0.4) is 0 Å². The lowest BCUT2D eigenvalue weighted by molar-refractivity contribution is 0.588. The maximum absolute atomic E-state index is 13.5. The van der Waals surface area contributed by atoms with E-state index in [0.29, 0.717) is 18.3 Å². The molecule has 0 radical (unpaired) electrons. The Balaban J connectivity index is 1.99. The normalized spacial score (nSPS) is 19.8. The van der Waals surface area contributed by atoms with Gasteiger partial charge in [-0.1, -0.05) is 12.1 Å². The van der Waals surface area contributed by atoms with Gasteiger partial charge in [0.05, 0.1) is 18.3 Å². The number of halogens is 1. The van der Waals surface area contributed by atoms with Crippen molar-refractivity contribution in [3.8, 4) is 6.07 Å². The van der Waals surface area contributed by atoms with Crippen molar-refractivity contribution in [1.29, 1.82) is 5.26 Å². The van der Waals surface area contributed by atoms with Crippen LogP contribution in [0, 0.1) is 17.1 Å². The first kappa shape index (κ1) is 10.9. The summed E-state index contributed by atoms with van der Waals surface area (Å²) in [4.78, 5) is 2.02. The molecule has 0 aliphatic carbocycles. The number of para-hydroxylation sites is 1. The molecule has 0 amide bonds. The number of anilines is 1. The predicted octanol–water partition coefficient (Wildman–Crippen LogP) is 1.52. The van der Waals surface area contributed by atoms with Crippen molar-refractivity contribution in [2.45, 2.75) is 12.5 Å². The zero-order valence-electron chi connectivity index (χ0n) is 8.99. The number of hydrogen-bond donors (Lipinski definition) is 1. The first-order chi connectivity index (χ1) is 7.81. The van der Waals surface area contributed by atoms with E-state index in [-0.39, 0.29) is 5.82 Å². The van der Waals surface area contributed by atoms with Crippen molar-refractivity contribution in [3.05, 3.63) is 30.1 Å².